The molecule has 1 heterocycles. The third kappa shape index (κ3) is 0.615. The molecule has 0 amide bonds. The SMILES string of the molecule is CC1=C=Cc2cnccc21. The van der Waals surface area contributed by atoms with Crippen LogP contribution in [0.2, 0.25) is 0 Å². The van der Waals surface area contributed by atoms with Crippen molar-refractivity contribution < 1.29 is 0 Å². The minimum Gasteiger partial charge on any atom is -0.264 e. The Morgan fingerprint density at radius 3 is 3.20 bits per heavy atom. The van der Waals surface area contributed by atoms with Gasteiger partial charge in [-0.1, -0.05) is 0 Å². The summed E-state index contributed by atoms with van der Waals surface area (Å²) in [5.41, 5.74) is 6.78. The van der Waals surface area contributed by atoms with E-state index < -0.39 is 0 Å². The molecule has 0 aliphatic heterocycles. The Balaban J connectivity index is 2.70. The van der Waals surface area contributed by atoms with Crippen LogP contribution in [0.1, 0.15) is 18.1 Å². The van der Waals surface area contributed by atoms with Crippen LogP contribution in [0.15, 0.2) is 24.2 Å². The first kappa shape index (κ1) is 5.45. The number of rotatable bonds is 0. The minimum absolute atomic E-state index is 1.18. The fourth-order valence-corrected chi connectivity index (χ4v) is 1.13. The van der Waals surface area contributed by atoms with Crippen molar-refractivity contribution in [3.63, 3.8) is 0 Å². The number of hydrogen-bond acceptors (Lipinski definition) is 1. The first-order valence-electron chi connectivity index (χ1n) is 3.25. The molecule has 0 N–H and O–H groups in total. The van der Waals surface area contributed by atoms with Crippen LogP contribution in [0.5, 0.6) is 0 Å². The van der Waals surface area contributed by atoms with Crippen LogP contribution in [-0.4, -0.2) is 4.98 Å². The number of nitrogens with zero attached hydrogens (tertiary/aromatic N) is 1. The molecule has 0 spiro atoms. The highest BCUT2D eigenvalue weighted by atomic mass is 14.6. The van der Waals surface area contributed by atoms with Gasteiger partial charge in [0.05, 0.1) is 0 Å². The third-order valence-corrected chi connectivity index (χ3v) is 1.70. The van der Waals surface area contributed by atoms with Gasteiger partial charge in [-0.25, -0.2) is 0 Å². The molecule has 1 aliphatic rings. The number of pyridine rings is 1. The summed E-state index contributed by atoms with van der Waals surface area (Å²) in [5.74, 6) is 0. The van der Waals surface area contributed by atoms with Crippen LogP contribution in [0, 0.1) is 0 Å². The highest BCUT2D eigenvalue weighted by molar-refractivity contribution is 5.79. The highest BCUT2D eigenvalue weighted by Gasteiger charge is 2.04. The van der Waals surface area contributed by atoms with Crippen molar-refractivity contribution in [1.82, 2.24) is 4.98 Å². The van der Waals surface area contributed by atoms with E-state index in [9.17, 15) is 0 Å². The molecule has 2 rings (SSSR count). The van der Waals surface area contributed by atoms with E-state index in [0.717, 1.165) is 0 Å². The Hall–Kier alpha value is -1.33. The maximum absolute atomic E-state index is 4.01. The normalized spacial score (nSPS) is 13.1. The summed E-state index contributed by atoms with van der Waals surface area (Å²) in [6.45, 7) is 2.06. The van der Waals surface area contributed by atoms with E-state index in [1.807, 2.05) is 24.5 Å². The summed E-state index contributed by atoms with van der Waals surface area (Å²) in [5, 5.41) is 0. The maximum atomic E-state index is 4.01. The molecule has 48 valence electrons. The molecule has 1 aliphatic carbocycles. The van der Waals surface area contributed by atoms with Crippen molar-refractivity contribution >= 4 is 11.6 Å². The summed E-state index contributed by atoms with van der Waals surface area (Å²) >= 11 is 0. The van der Waals surface area contributed by atoms with Crippen molar-refractivity contribution in [3.05, 3.63) is 35.3 Å². The summed E-state index contributed by atoms with van der Waals surface area (Å²) in [6.07, 6.45) is 5.64. The average molecular weight is 129 g/mol. The number of fused-ring (bicyclic) bond motifs is 1. The molecule has 1 nitrogen and oxygen atoms in total. The Labute approximate surface area is 59.7 Å². The number of allylic oxidation sites excluding steroid dienone is 1. The third-order valence-electron chi connectivity index (χ3n) is 1.70. The maximum Gasteiger partial charge on any atom is 0.0352 e. The van der Waals surface area contributed by atoms with E-state index in [1.165, 1.54) is 16.7 Å². The summed E-state index contributed by atoms with van der Waals surface area (Å²) < 4.78 is 0. The van der Waals surface area contributed by atoms with E-state index in [0.29, 0.717) is 0 Å². The van der Waals surface area contributed by atoms with Crippen molar-refractivity contribution in [2.75, 3.05) is 0 Å². The van der Waals surface area contributed by atoms with Crippen molar-refractivity contribution in [2.45, 2.75) is 6.92 Å². The van der Waals surface area contributed by atoms with Gasteiger partial charge in [0.1, 0.15) is 0 Å². The lowest BCUT2D eigenvalue weighted by molar-refractivity contribution is 1.30. The molecule has 10 heavy (non-hydrogen) atoms. The summed E-state index contributed by atoms with van der Waals surface area (Å²) in [6, 6.07) is 2.02. The number of hydrogen-bond donors (Lipinski definition) is 0. The van der Waals surface area contributed by atoms with Gasteiger partial charge in [0.15, 0.2) is 0 Å². The molecule has 0 saturated heterocycles. The van der Waals surface area contributed by atoms with Gasteiger partial charge in [0.25, 0.3) is 0 Å². The number of aromatic nitrogens is 1. The fraction of sp³-hybridized carbons (Fsp3) is 0.111. The van der Waals surface area contributed by atoms with Gasteiger partial charge in [0, 0.05) is 18.0 Å². The molecular formula is C9H7N. The molecule has 0 fully saturated rings. The second kappa shape index (κ2) is 1.83. The van der Waals surface area contributed by atoms with Crippen LogP contribution >= 0.6 is 0 Å². The Bertz CT molecular complexity index is 330. The predicted octanol–water partition coefficient (Wildman–Crippen LogP) is 2.11. The monoisotopic (exact) mass is 129 g/mol. The lowest BCUT2D eigenvalue weighted by Gasteiger charge is -1.95. The van der Waals surface area contributed by atoms with E-state index in [-0.39, 0.29) is 0 Å². The summed E-state index contributed by atoms with van der Waals surface area (Å²) in [7, 11) is 0. The van der Waals surface area contributed by atoms with E-state index in [4.69, 9.17) is 0 Å². The zero-order valence-corrected chi connectivity index (χ0v) is 5.76. The van der Waals surface area contributed by atoms with Gasteiger partial charge in [-0.05, 0) is 30.2 Å². The zero-order valence-electron chi connectivity index (χ0n) is 5.76. The van der Waals surface area contributed by atoms with Gasteiger partial charge < -0.3 is 0 Å². The predicted molar refractivity (Wildman–Crippen MR) is 41.3 cm³/mol. The topological polar surface area (TPSA) is 12.9 Å². The highest BCUT2D eigenvalue weighted by Crippen LogP contribution is 2.22. The molecule has 0 radical (unpaired) electrons. The van der Waals surface area contributed by atoms with E-state index >= 15 is 0 Å². The van der Waals surface area contributed by atoms with Crippen LogP contribution < -0.4 is 0 Å². The molecule has 1 heteroatoms. The lowest BCUT2D eigenvalue weighted by atomic mass is 10.1. The quantitative estimate of drug-likeness (QED) is 0.489. The van der Waals surface area contributed by atoms with Crippen molar-refractivity contribution in [1.29, 1.82) is 0 Å². The standard InChI is InChI=1S/C9H7N/c1-7-2-3-8-6-10-5-4-9(7)8/h3-6H,1H3. The Kier molecular flexibility index (Phi) is 0.996. The second-order valence-electron chi connectivity index (χ2n) is 2.38. The molecule has 0 bridgehead atoms. The Morgan fingerprint density at radius 1 is 1.50 bits per heavy atom. The molecule has 0 aromatic carbocycles. The second-order valence-corrected chi connectivity index (χ2v) is 2.38. The van der Waals surface area contributed by atoms with Crippen LogP contribution in [-0.2, 0) is 0 Å². The van der Waals surface area contributed by atoms with Crippen LogP contribution in [0.25, 0.3) is 11.6 Å². The van der Waals surface area contributed by atoms with Gasteiger partial charge in [0.2, 0.25) is 0 Å². The molecular weight excluding hydrogens is 122 g/mol. The zero-order chi connectivity index (χ0) is 6.97. The summed E-state index contributed by atoms with van der Waals surface area (Å²) in [4.78, 5) is 4.01. The van der Waals surface area contributed by atoms with Gasteiger partial charge in [-0.15, -0.1) is 5.73 Å². The Morgan fingerprint density at radius 2 is 2.40 bits per heavy atom. The van der Waals surface area contributed by atoms with Gasteiger partial charge in [-0.2, -0.15) is 0 Å². The smallest absolute Gasteiger partial charge is 0.0352 e. The van der Waals surface area contributed by atoms with Crippen molar-refractivity contribution in [2.24, 2.45) is 0 Å². The first-order valence-corrected chi connectivity index (χ1v) is 3.25. The van der Waals surface area contributed by atoms with Crippen molar-refractivity contribution in [3.8, 4) is 0 Å². The minimum atomic E-state index is 1.18. The van der Waals surface area contributed by atoms with E-state index in [1.54, 1.807) is 0 Å². The van der Waals surface area contributed by atoms with E-state index in [2.05, 4.69) is 17.6 Å². The first-order chi connectivity index (χ1) is 4.88. The van der Waals surface area contributed by atoms with Crippen LogP contribution in [0.4, 0.5) is 0 Å². The molecule has 1 aromatic rings. The lowest BCUT2D eigenvalue weighted by Crippen LogP contribution is -1.80. The van der Waals surface area contributed by atoms with Gasteiger partial charge in [-0.3, -0.25) is 4.98 Å². The molecule has 0 saturated carbocycles. The largest absolute Gasteiger partial charge is 0.264 e. The molecule has 0 atom stereocenters. The molecule has 0 unspecified atom stereocenters. The average Bonchev–Trinajstić information content (AvgIpc) is 2.34. The molecule has 1 aromatic heterocycles. The van der Waals surface area contributed by atoms with Crippen LogP contribution in [0.3, 0.4) is 0 Å². The van der Waals surface area contributed by atoms with Gasteiger partial charge >= 0.3 is 0 Å². The fourth-order valence-electron chi connectivity index (χ4n) is 1.13.